The van der Waals surface area contributed by atoms with E-state index in [2.05, 4.69) is 0 Å². The zero-order valence-electron chi connectivity index (χ0n) is 10.4. The fourth-order valence-corrected chi connectivity index (χ4v) is 1.69. The monoisotopic (exact) mass is 239 g/mol. The first kappa shape index (κ1) is 13.3. The number of likely N-dealkylation sites (N-methyl/N-ethyl adjacent to an activating group) is 1. The molecule has 5 nitrogen and oxygen atoms in total. The highest BCUT2D eigenvalue weighted by atomic mass is 16.5. The third-order valence-electron chi connectivity index (χ3n) is 2.48. The number of nitrogens with zero attached hydrogens (tertiary/aromatic N) is 1. The molecule has 1 rings (SSSR count). The number of methoxy groups -OCH3 is 2. The average molecular weight is 239 g/mol. The van der Waals surface area contributed by atoms with Gasteiger partial charge in [-0.05, 0) is 32.3 Å². The molecule has 94 valence electrons. The van der Waals surface area contributed by atoms with Gasteiger partial charge in [-0.2, -0.15) is 0 Å². The first-order valence-electron chi connectivity index (χ1n) is 5.12. The van der Waals surface area contributed by atoms with Crippen LogP contribution in [0.2, 0.25) is 0 Å². The van der Waals surface area contributed by atoms with E-state index in [1.165, 1.54) is 14.2 Å². The highest BCUT2D eigenvalue weighted by molar-refractivity contribution is 5.77. The Hall–Kier alpha value is -1.75. The molecule has 0 saturated carbocycles. The van der Waals surface area contributed by atoms with E-state index in [1.807, 2.05) is 0 Å². The molecule has 5 heteroatoms. The number of carboxylic acid groups (broad SMARTS) is 1. The van der Waals surface area contributed by atoms with Crippen LogP contribution in [0.4, 0.5) is 0 Å². The summed E-state index contributed by atoms with van der Waals surface area (Å²) in [6.45, 7) is 0. The number of carbonyl (C=O) groups is 1. The molecule has 17 heavy (non-hydrogen) atoms. The molecule has 1 N–H and O–H groups in total. The fraction of sp³-hybridized carbons (Fsp3) is 0.417. The number of hydrogen-bond acceptors (Lipinski definition) is 4. The summed E-state index contributed by atoms with van der Waals surface area (Å²) in [5.74, 6) is 0.211. The second-order valence-electron chi connectivity index (χ2n) is 3.81. The van der Waals surface area contributed by atoms with Crippen molar-refractivity contribution in [2.24, 2.45) is 0 Å². The van der Waals surface area contributed by atoms with Crippen LogP contribution < -0.4 is 9.47 Å². The Balaban J connectivity index is 3.28. The van der Waals surface area contributed by atoms with Crippen molar-refractivity contribution in [2.45, 2.75) is 6.04 Å². The van der Waals surface area contributed by atoms with Crippen LogP contribution in [0.25, 0.3) is 0 Å². The molecule has 0 fully saturated rings. The predicted octanol–water partition coefficient (Wildman–Crippen LogP) is 1.39. The summed E-state index contributed by atoms with van der Waals surface area (Å²) >= 11 is 0. The van der Waals surface area contributed by atoms with Crippen LogP contribution in [0.15, 0.2) is 18.2 Å². The summed E-state index contributed by atoms with van der Waals surface area (Å²) in [5.41, 5.74) is 0.573. The average Bonchev–Trinajstić information content (AvgIpc) is 2.28. The van der Waals surface area contributed by atoms with Crippen LogP contribution in [0.1, 0.15) is 11.6 Å². The number of carboxylic acids is 1. The molecule has 1 aromatic rings. The van der Waals surface area contributed by atoms with Crippen molar-refractivity contribution in [1.29, 1.82) is 0 Å². The van der Waals surface area contributed by atoms with E-state index in [1.54, 1.807) is 37.2 Å². The van der Waals surface area contributed by atoms with Crippen LogP contribution >= 0.6 is 0 Å². The molecule has 1 aromatic carbocycles. The molecule has 0 radical (unpaired) electrons. The molecule has 1 unspecified atom stereocenters. The molecule has 0 aromatic heterocycles. The minimum Gasteiger partial charge on any atom is -0.497 e. The van der Waals surface area contributed by atoms with Gasteiger partial charge in [0.25, 0.3) is 0 Å². The van der Waals surface area contributed by atoms with Gasteiger partial charge in [0, 0.05) is 5.56 Å². The summed E-state index contributed by atoms with van der Waals surface area (Å²) in [4.78, 5) is 12.9. The number of benzene rings is 1. The fourth-order valence-electron chi connectivity index (χ4n) is 1.69. The second kappa shape index (κ2) is 5.54. The Morgan fingerprint density at radius 2 is 1.94 bits per heavy atom. The molecule has 1 atom stereocenters. The van der Waals surface area contributed by atoms with Gasteiger partial charge in [0.1, 0.15) is 17.5 Å². The molecule has 0 aliphatic carbocycles. The smallest absolute Gasteiger partial charge is 0.325 e. The molecular weight excluding hydrogens is 222 g/mol. The summed E-state index contributed by atoms with van der Waals surface area (Å²) in [5, 5.41) is 9.24. The molecule has 0 heterocycles. The van der Waals surface area contributed by atoms with Crippen molar-refractivity contribution in [2.75, 3.05) is 28.3 Å². The lowest BCUT2D eigenvalue weighted by Gasteiger charge is -2.22. The van der Waals surface area contributed by atoms with Crippen LogP contribution in [-0.2, 0) is 4.79 Å². The lowest BCUT2D eigenvalue weighted by Crippen LogP contribution is -2.27. The van der Waals surface area contributed by atoms with E-state index < -0.39 is 12.0 Å². The van der Waals surface area contributed by atoms with E-state index in [-0.39, 0.29) is 0 Å². The minimum atomic E-state index is -0.929. The Morgan fingerprint density at radius 1 is 1.29 bits per heavy atom. The maximum absolute atomic E-state index is 11.3. The topological polar surface area (TPSA) is 59.0 Å². The van der Waals surface area contributed by atoms with Gasteiger partial charge in [-0.15, -0.1) is 0 Å². The molecule has 0 aliphatic rings. The first-order chi connectivity index (χ1) is 8.01. The molecule has 0 saturated heterocycles. The van der Waals surface area contributed by atoms with Crippen molar-refractivity contribution in [3.8, 4) is 11.5 Å². The van der Waals surface area contributed by atoms with E-state index in [4.69, 9.17) is 9.47 Å². The lowest BCUT2D eigenvalue weighted by molar-refractivity contribution is -0.142. The predicted molar refractivity (Wildman–Crippen MR) is 63.6 cm³/mol. The summed E-state index contributed by atoms with van der Waals surface area (Å²) in [6.07, 6.45) is 0. The van der Waals surface area contributed by atoms with Gasteiger partial charge in [0.2, 0.25) is 0 Å². The van der Waals surface area contributed by atoms with Crippen molar-refractivity contribution in [3.63, 3.8) is 0 Å². The SMILES string of the molecule is COc1ccc(OC)c(C(C(=O)O)N(C)C)c1. The van der Waals surface area contributed by atoms with Gasteiger partial charge in [0.05, 0.1) is 14.2 Å². The quantitative estimate of drug-likeness (QED) is 0.841. The van der Waals surface area contributed by atoms with E-state index in [9.17, 15) is 9.90 Å². The van der Waals surface area contributed by atoms with Crippen molar-refractivity contribution >= 4 is 5.97 Å². The third kappa shape index (κ3) is 2.88. The van der Waals surface area contributed by atoms with Gasteiger partial charge in [-0.3, -0.25) is 9.69 Å². The molecular formula is C12H17NO4. The van der Waals surface area contributed by atoms with Crippen LogP contribution in [0, 0.1) is 0 Å². The van der Waals surface area contributed by atoms with Gasteiger partial charge < -0.3 is 14.6 Å². The maximum atomic E-state index is 11.3. The van der Waals surface area contributed by atoms with Crippen LogP contribution in [0.3, 0.4) is 0 Å². The summed E-state index contributed by atoms with van der Waals surface area (Å²) in [7, 11) is 6.46. The second-order valence-corrected chi connectivity index (χ2v) is 3.81. The largest absolute Gasteiger partial charge is 0.497 e. The van der Waals surface area contributed by atoms with Gasteiger partial charge >= 0.3 is 5.97 Å². The highest BCUT2D eigenvalue weighted by Gasteiger charge is 2.26. The van der Waals surface area contributed by atoms with E-state index in [0.717, 1.165) is 0 Å². The number of aliphatic carboxylic acids is 1. The lowest BCUT2D eigenvalue weighted by atomic mass is 10.0. The normalized spacial score (nSPS) is 12.3. The van der Waals surface area contributed by atoms with E-state index >= 15 is 0 Å². The highest BCUT2D eigenvalue weighted by Crippen LogP contribution is 2.31. The Kier molecular flexibility index (Phi) is 4.34. The van der Waals surface area contributed by atoms with Crippen LogP contribution in [-0.4, -0.2) is 44.3 Å². The number of rotatable bonds is 5. The Labute approximate surface area is 101 Å². The first-order valence-corrected chi connectivity index (χ1v) is 5.12. The summed E-state index contributed by atoms with van der Waals surface area (Å²) < 4.78 is 10.3. The third-order valence-corrected chi connectivity index (χ3v) is 2.48. The maximum Gasteiger partial charge on any atom is 0.325 e. The van der Waals surface area contributed by atoms with Gasteiger partial charge in [0.15, 0.2) is 0 Å². The Morgan fingerprint density at radius 3 is 2.35 bits per heavy atom. The number of ether oxygens (including phenoxy) is 2. The Bertz CT molecular complexity index is 403. The standard InChI is InChI=1S/C12H17NO4/c1-13(2)11(12(14)15)9-7-8(16-3)5-6-10(9)17-4/h5-7,11H,1-4H3,(H,14,15). The zero-order chi connectivity index (χ0) is 13.0. The van der Waals surface area contributed by atoms with Gasteiger partial charge in [-0.1, -0.05) is 0 Å². The van der Waals surface area contributed by atoms with Crippen molar-refractivity contribution < 1.29 is 19.4 Å². The zero-order valence-corrected chi connectivity index (χ0v) is 10.4. The minimum absolute atomic E-state index is 0.534. The molecule has 0 spiro atoms. The molecule has 0 aliphatic heterocycles. The molecule has 0 amide bonds. The number of hydrogen-bond donors (Lipinski definition) is 1. The van der Waals surface area contributed by atoms with E-state index in [0.29, 0.717) is 17.1 Å². The van der Waals surface area contributed by atoms with Gasteiger partial charge in [-0.25, -0.2) is 0 Å². The van der Waals surface area contributed by atoms with Crippen molar-refractivity contribution in [3.05, 3.63) is 23.8 Å². The summed E-state index contributed by atoms with van der Waals surface area (Å²) in [6, 6.07) is 4.35. The van der Waals surface area contributed by atoms with Crippen LogP contribution in [0.5, 0.6) is 11.5 Å². The molecule has 0 bridgehead atoms. The van der Waals surface area contributed by atoms with Crippen molar-refractivity contribution in [1.82, 2.24) is 4.90 Å².